The summed E-state index contributed by atoms with van der Waals surface area (Å²) in [6, 6.07) is 14.0. The summed E-state index contributed by atoms with van der Waals surface area (Å²) in [6.45, 7) is 0.187. The molecule has 26 heavy (non-hydrogen) atoms. The molecule has 2 amide bonds. The van der Waals surface area contributed by atoms with E-state index >= 15 is 0 Å². The van der Waals surface area contributed by atoms with Gasteiger partial charge in [-0.3, -0.25) is 15.0 Å². The largest absolute Gasteiger partial charge is 0.454 e. The van der Waals surface area contributed by atoms with Crippen molar-refractivity contribution >= 4 is 46.2 Å². The molecule has 0 spiro atoms. The SMILES string of the molecule is O=C(NN1C(=O)C(=Cc2ccc3c(c2)OCO3)SC1=S)c1ccccc1. The molecule has 130 valence electrons. The van der Waals surface area contributed by atoms with Crippen LogP contribution >= 0.6 is 24.0 Å². The highest BCUT2D eigenvalue weighted by Gasteiger charge is 2.33. The lowest BCUT2D eigenvalue weighted by Gasteiger charge is -2.15. The van der Waals surface area contributed by atoms with Crippen LogP contribution < -0.4 is 14.9 Å². The Morgan fingerprint density at radius 3 is 2.73 bits per heavy atom. The molecule has 1 N–H and O–H groups in total. The summed E-state index contributed by atoms with van der Waals surface area (Å²) >= 11 is 6.36. The smallest absolute Gasteiger partial charge is 0.285 e. The van der Waals surface area contributed by atoms with Crippen molar-refractivity contribution in [2.24, 2.45) is 0 Å². The van der Waals surface area contributed by atoms with Crippen molar-refractivity contribution in [1.29, 1.82) is 0 Å². The number of thiocarbonyl (C=S) groups is 1. The number of hydrogen-bond acceptors (Lipinski definition) is 6. The first kappa shape index (κ1) is 16.6. The molecule has 0 saturated carbocycles. The molecular weight excluding hydrogens is 372 g/mol. The van der Waals surface area contributed by atoms with Gasteiger partial charge in [-0.25, -0.2) is 0 Å². The summed E-state index contributed by atoms with van der Waals surface area (Å²) in [5, 5.41) is 1.09. The van der Waals surface area contributed by atoms with Crippen molar-refractivity contribution in [2.45, 2.75) is 0 Å². The monoisotopic (exact) mass is 384 g/mol. The summed E-state index contributed by atoms with van der Waals surface area (Å²) < 4.78 is 10.9. The Kier molecular flexibility index (Phi) is 4.36. The van der Waals surface area contributed by atoms with Gasteiger partial charge in [-0.1, -0.05) is 36.0 Å². The van der Waals surface area contributed by atoms with Crippen LogP contribution in [0.25, 0.3) is 6.08 Å². The van der Waals surface area contributed by atoms with E-state index in [4.69, 9.17) is 21.7 Å². The number of amides is 2. The third-order valence-electron chi connectivity index (χ3n) is 3.74. The van der Waals surface area contributed by atoms with Gasteiger partial charge >= 0.3 is 0 Å². The minimum Gasteiger partial charge on any atom is -0.454 e. The molecule has 2 heterocycles. The maximum atomic E-state index is 12.6. The van der Waals surface area contributed by atoms with Crippen LogP contribution in [0.1, 0.15) is 15.9 Å². The van der Waals surface area contributed by atoms with Crippen molar-refractivity contribution in [2.75, 3.05) is 6.79 Å². The molecule has 8 heteroatoms. The van der Waals surface area contributed by atoms with Gasteiger partial charge in [-0.05, 0) is 48.1 Å². The van der Waals surface area contributed by atoms with E-state index in [1.54, 1.807) is 42.5 Å². The molecule has 6 nitrogen and oxygen atoms in total. The number of thioether (sulfide) groups is 1. The Morgan fingerprint density at radius 2 is 1.92 bits per heavy atom. The van der Waals surface area contributed by atoms with Crippen molar-refractivity contribution in [3.05, 3.63) is 64.6 Å². The molecule has 1 fully saturated rings. The van der Waals surface area contributed by atoms with Gasteiger partial charge < -0.3 is 9.47 Å². The molecule has 2 aliphatic rings. The number of rotatable bonds is 3. The van der Waals surface area contributed by atoms with E-state index in [-0.39, 0.29) is 17.0 Å². The van der Waals surface area contributed by atoms with Crippen LogP contribution in [0, 0.1) is 0 Å². The van der Waals surface area contributed by atoms with E-state index in [1.807, 2.05) is 12.1 Å². The predicted molar refractivity (Wildman–Crippen MR) is 101 cm³/mol. The topological polar surface area (TPSA) is 67.9 Å². The lowest BCUT2D eigenvalue weighted by Crippen LogP contribution is -2.44. The Hall–Kier alpha value is -2.84. The molecule has 2 aliphatic heterocycles. The average Bonchev–Trinajstić information content (AvgIpc) is 3.22. The summed E-state index contributed by atoms with van der Waals surface area (Å²) in [7, 11) is 0. The highest BCUT2D eigenvalue weighted by Crippen LogP contribution is 2.35. The molecule has 0 atom stereocenters. The van der Waals surface area contributed by atoms with E-state index in [1.165, 1.54) is 0 Å². The summed E-state index contributed by atoms with van der Waals surface area (Å²) in [5.41, 5.74) is 3.78. The van der Waals surface area contributed by atoms with Gasteiger partial charge in [0.2, 0.25) is 6.79 Å². The van der Waals surface area contributed by atoms with E-state index in [0.717, 1.165) is 22.3 Å². The minimum absolute atomic E-state index is 0.187. The highest BCUT2D eigenvalue weighted by atomic mass is 32.2. The van der Waals surface area contributed by atoms with E-state index in [0.29, 0.717) is 22.0 Å². The van der Waals surface area contributed by atoms with Crippen LogP contribution in [-0.4, -0.2) is 27.9 Å². The molecule has 0 bridgehead atoms. The van der Waals surface area contributed by atoms with Crippen molar-refractivity contribution in [3.63, 3.8) is 0 Å². The number of carbonyl (C=O) groups excluding carboxylic acids is 2. The molecule has 2 aromatic rings. The number of benzene rings is 2. The van der Waals surface area contributed by atoms with Crippen LogP contribution in [-0.2, 0) is 4.79 Å². The van der Waals surface area contributed by atoms with Crippen molar-refractivity contribution in [3.8, 4) is 11.5 Å². The standard InChI is InChI=1S/C18H12N2O4S2/c21-16(12-4-2-1-3-5-12)19-20-17(22)15(26-18(20)25)9-11-6-7-13-14(8-11)24-10-23-13/h1-9H,10H2,(H,19,21). The third kappa shape index (κ3) is 3.16. The number of nitrogens with one attached hydrogen (secondary N) is 1. The average molecular weight is 384 g/mol. The quantitative estimate of drug-likeness (QED) is 0.648. The first-order valence-corrected chi connectivity index (χ1v) is 8.88. The maximum absolute atomic E-state index is 12.6. The predicted octanol–water partition coefficient (Wildman–Crippen LogP) is 2.96. The lowest BCUT2D eigenvalue weighted by atomic mass is 10.2. The molecule has 0 radical (unpaired) electrons. The molecule has 0 aliphatic carbocycles. The zero-order valence-corrected chi connectivity index (χ0v) is 14.9. The number of hydrogen-bond donors (Lipinski definition) is 1. The fourth-order valence-corrected chi connectivity index (χ4v) is 3.65. The molecule has 2 aromatic carbocycles. The maximum Gasteiger partial charge on any atom is 0.285 e. The molecule has 0 aromatic heterocycles. The van der Waals surface area contributed by atoms with Crippen molar-refractivity contribution in [1.82, 2.24) is 10.4 Å². The summed E-state index contributed by atoms with van der Waals surface area (Å²) in [5.74, 6) is 0.532. The first-order chi connectivity index (χ1) is 12.6. The van der Waals surface area contributed by atoms with Crippen molar-refractivity contribution < 1.29 is 19.1 Å². The highest BCUT2D eigenvalue weighted by molar-refractivity contribution is 8.26. The summed E-state index contributed by atoms with van der Waals surface area (Å²) in [4.78, 5) is 25.3. The normalized spacial score (nSPS) is 17.1. The van der Waals surface area contributed by atoms with Gasteiger partial charge in [0.15, 0.2) is 15.8 Å². The Labute approximate surface area is 158 Å². The number of hydrazine groups is 1. The van der Waals surface area contributed by atoms with Crippen LogP contribution in [0.5, 0.6) is 11.5 Å². The van der Waals surface area contributed by atoms with E-state index < -0.39 is 5.91 Å². The molecule has 4 rings (SSSR count). The zero-order valence-electron chi connectivity index (χ0n) is 13.3. The Bertz CT molecular complexity index is 943. The van der Waals surface area contributed by atoms with E-state index in [9.17, 15) is 9.59 Å². The Balaban J connectivity index is 1.53. The second kappa shape index (κ2) is 6.81. The number of ether oxygens (including phenoxy) is 2. The zero-order chi connectivity index (χ0) is 18.1. The summed E-state index contributed by atoms with van der Waals surface area (Å²) in [6.07, 6.45) is 1.70. The van der Waals surface area contributed by atoms with Gasteiger partial charge in [0, 0.05) is 5.56 Å². The Morgan fingerprint density at radius 1 is 1.15 bits per heavy atom. The van der Waals surface area contributed by atoms with Crippen LogP contribution in [0.3, 0.4) is 0 Å². The van der Waals surface area contributed by atoms with Crippen LogP contribution in [0.2, 0.25) is 0 Å². The van der Waals surface area contributed by atoms with Crippen LogP contribution in [0.15, 0.2) is 53.4 Å². The fourth-order valence-electron chi connectivity index (χ4n) is 2.47. The van der Waals surface area contributed by atoms with Crippen LogP contribution in [0.4, 0.5) is 0 Å². The third-order valence-corrected chi connectivity index (χ3v) is 5.04. The van der Waals surface area contributed by atoms with Gasteiger partial charge in [0.1, 0.15) is 0 Å². The fraction of sp³-hybridized carbons (Fsp3) is 0.0556. The lowest BCUT2D eigenvalue weighted by molar-refractivity contribution is -0.123. The first-order valence-electron chi connectivity index (χ1n) is 7.65. The van der Waals surface area contributed by atoms with Gasteiger partial charge in [-0.15, -0.1) is 0 Å². The van der Waals surface area contributed by atoms with Gasteiger partial charge in [0.05, 0.1) is 4.91 Å². The number of nitrogens with zero attached hydrogens (tertiary/aromatic N) is 1. The molecule has 0 unspecified atom stereocenters. The van der Waals surface area contributed by atoms with E-state index in [2.05, 4.69) is 5.43 Å². The van der Waals surface area contributed by atoms with Gasteiger partial charge in [-0.2, -0.15) is 5.01 Å². The second-order valence-electron chi connectivity index (χ2n) is 5.44. The van der Waals surface area contributed by atoms with Gasteiger partial charge in [0.25, 0.3) is 11.8 Å². The minimum atomic E-state index is -0.397. The second-order valence-corrected chi connectivity index (χ2v) is 7.11. The molecular formula is C18H12N2O4S2. The number of fused-ring (bicyclic) bond motifs is 1. The molecule has 1 saturated heterocycles. The number of carbonyl (C=O) groups is 2.